The number of ether oxygens (including phenoxy) is 2. The fourth-order valence-electron chi connectivity index (χ4n) is 15.6. The van der Waals surface area contributed by atoms with Crippen LogP contribution in [0.5, 0.6) is 0 Å². The van der Waals surface area contributed by atoms with Gasteiger partial charge in [-0.15, -0.1) is 0 Å². The van der Waals surface area contributed by atoms with E-state index in [9.17, 15) is 5.11 Å². The SMILES string of the molecule is CCN[C@H]1C=C2C=CC[C@@H]3[C@@H]2[C@H]2C=C[C@H]3CCC[C@](C)(CC3=CNC(N)C=C3)Cc3cccc4c3C(=O)[C@]3(O[C@@]3(C/C=C(\C)C[C@]3(C5=CCNC6=C5CC[C@H](NC)N6)CCCNC(=NC)N3)C4=O)C(=O)O[C@H](CCCO)[C@@H]21. The average molecular weight is 1050 g/mol. The van der Waals surface area contributed by atoms with Gasteiger partial charge in [-0.05, 0) is 161 Å². The van der Waals surface area contributed by atoms with Gasteiger partial charge in [0.1, 0.15) is 11.9 Å². The number of esters is 1. The number of hydrogen-bond donors (Lipinski definition) is 9. The van der Waals surface area contributed by atoms with Crippen molar-refractivity contribution in [2.24, 2.45) is 45.7 Å². The lowest BCUT2D eigenvalue weighted by atomic mass is 9.55. The Kier molecular flexibility index (Phi) is 15.0. The first kappa shape index (κ1) is 53.4. The molecular weight excluding hydrogens is 967 g/mol. The second-order valence-electron chi connectivity index (χ2n) is 24.1. The number of hydrogen-bond acceptors (Lipinski definition) is 13. The summed E-state index contributed by atoms with van der Waals surface area (Å²) in [5, 5.41) is 35.5. The lowest BCUT2D eigenvalue weighted by Gasteiger charge is -2.51. The molecule has 77 heavy (non-hydrogen) atoms. The smallest absolute Gasteiger partial charge is 0.350 e. The van der Waals surface area contributed by atoms with E-state index >= 15 is 14.4 Å². The molecule has 12 rings (SSSR count). The number of nitrogens with zero attached hydrogens (tertiary/aromatic N) is 1. The lowest BCUT2D eigenvalue weighted by molar-refractivity contribution is -0.159. The number of dihydropyridines is 2. The monoisotopic (exact) mass is 1050 g/mol. The summed E-state index contributed by atoms with van der Waals surface area (Å²) in [5.41, 5.74) is 8.45. The van der Waals surface area contributed by atoms with E-state index in [1.54, 1.807) is 13.1 Å². The van der Waals surface area contributed by atoms with E-state index in [4.69, 9.17) is 15.2 Å². The summed E-state index contributed by atoms with van der Waals surface area (Å²) in [7, 11) is 3.77. The third kappa shape index (κ3) is 9.59. The van der Waals surface area contributed by atoms with E-state index in [0.717, 1.165) is 86.4 Å². The van der Waals surface area contributed by atoms with Crippen LogP contribution in [0.3, 0.4) is 0 Å². The first-order valence-corrected chi connectivity index (χ1v) is 29.0. The molecule has 0 radical (unpaired) electrons. The second kappa shape index (κ2) is 21.6. The number of nitrogens with one attached hydrogen (secondary N) is 7. The number of fused-ring (bicyclic) bond motifs is 6. The number of aliphatic hydroxyl groups is 1. The van der Waals surface area contributed by atoms with E-state index in [-0.39, 0.29) is 71.5 Å². The Labute approximate surface area is 455 Å². The number of nitrogens with two attached hydrogens (primary N) is 1. The molecule has 0 amide bonds. The maximum atomic E-state index is 16.1. The minimum atomic E-state index is -2.22. The average Bonchev–Trinajstić information content (AvgIpc) is 4.36. The Morgan fingerprint density at radius 1 is 1.06 bits per heavy atom. The van der Waals surface area contributed by atoms with Gasteiger partial charge in [-0.1, -0.05) is 92.6 Å². The van der Waals surface area contributed by atoms with Gasteiger partial charge in [0.15, 0.2) is 17.3 Å². The highest BCUT2D eigenvalue weighted by atomic mass is 16.7. The van der Waals surface area contributed by atoms with Crippen molar-refractivity contribution < 1.29 is 29.0 Å². The van der Waals surface area contributed by atoms with Crippen LogP contribution >= 0.6 is 0 Å². The van der Waals surface area contributed by atoms with Gasteiger partial charge in [0, 0.05) is 62.5 Å². The van der Waals surface area contributed by atoms with Crippen molar-refractivity contribution >= 4 is 23.5 Å². The molecule has 0 saturated carbocycles. The summed E-state index contributed by atoms with van der Waals surface area (Å²) in [6, 6.07) is 5.45. The Morgan fingerprint density at radius 2 is 1.94 bits per heavy atom. The van der Waals surface area contributed by atoms with Crippen molar-refractivity contribution in [3.8, 4) is 0 Å². The van der Waals surface area contributed by atoms with Crippen LogP contribution in [0, 0.1) is 35.0 Å². The number of aliphatic imine (C=N–C) groups is 1. The van der Waals surface area contributed by atoms with E-state index in [1.807, 2.05) is 37.5 Å². The van der Waals surface area contributed by atoms with Crippen molar-refractivity contribution in [3.05, 3.63) is 129 Å². The van der Waals surface area contributed by atoms with Crippen LogP contribution in [0.4, 0.5) is 0 Å². The molecule has 1 unspecified atom stereocenters. The van der Waals surface area contributed by atoms with Gasteiger partial charge in [0.2, 0.25) is 5.78 Å². The zero-order chi connectivity index (χ0) is 53.7. The highest BCUT2D eigenvalue weighted by Crippen LogP contribution is 2.61. The number of carbonyl (C=O) groups is 3. The molecule has 1 spiro atoms. The topological polar surface area (TPSA) is 216 Å². The number of carbonyl (C=O) groups excluding carboxylic acids is 3. The molecule has 0 aromatic heterocycles. The van der Waals surface area contributed by atoms with Gasteiger partial charge in [0.05, 0.1) is 17.9 Å². The highest BCUT2D eigenvalue weighted by Gasteiger charge is 2.85. The van der Waals surface area contributed by atoms with Gasteiger partial charge in [-0.25, -0.2) is 4.79 Å². The molecule has 7 aliphatic heterocycles. The maximum absolute atomic E-state index is 16.1. The number of Topliss-reactive ketones (excluding diaryl/α,β-unsaturated/α-hetero) is 2. The Balaban J connectivity index is 1.01. The van der Waals surface area contributed by atoms with Gasteiger partial charge in [0.25, 0.3) is 5.60 Å². The third-order valence-corrected chi connectivity index (χ3v) is 19.2. The molecule has 1 aromatic rings. The molecule has 1 aromatic carbocycles. The van der Waals surface area contributed by atoms with Gasteiger partial charge < -0.3 is 57.5 Å². The minimum Gasteiger partial charge on any atom is -0.459 e. The zero-order valence-electron chi connectivity index (χ0n) is 45.9. The molecule has 13 atom stereocenters. The van der Waals surface area contributed by atoms with Gasteiger partial charge in [-0.2, -0.15) is 0 Å². The number of benzene rings is 1. The molecule has 7 heterocycles. The summed E-state index contributed by atoms with van der Waals surface area (Å²) in [4.78, 5) is 52.5. The van der Waals surface area contributed by atoms with Crippen LogP contribution in [0.15, 0.2) is 118 Å². The van der Waals surface area contributed by atoms with Crippen LogP contribution in [0.25, 0.3) is 0 Å². The quantitative estimate of drug-likeness (QED) is 0.0457. The number of aliphatic hydroxyl groups excluding tert-OH is 1. The molecule has 2 fully saturated rings. The summed E-state index contributed by atoms with van der Waals surface area (Å²) >= 11 is 0. The van der Waals surface area contributed by atoms with Crippen molar-refractivity contribution in [3.63, 3.8) is 0 Å². The standard InChI is InChI=1S/C62H83N9O6/c1-6-66-47-32-40-12-7-15-42-39-14-9-26-59(3,34-38-18-22-49(63)69-36-38)35-41-13-8-16-45-52(41)55(74)62(57(75)76-48(17-10-31-72)53(47)44(20-19-39)51(40)42)61(77-62,54(45)73)28-24-37(2)33-60(27-11-29-68-58(65-5)71-60)46-25-30-67-56-43(46)21-23-50(64-4)70-56/h7-8,12-13,16,18-20,22,24-25,32,36,39,42,44,47-51,53,64,66-67,69-70,72H,6,9-11,14-15,17,21,23,26-31,33-35,63H2,1-5H3,(H2,65,68,71)/b37-24+/t39-,42+,44-,47+,48-,49?,50-,51-,53+,59-,60+,61+,62+/m1/s1. The van der Waals surface area contributed by atoms with Gasteiger partial charge >= 0.3 is 5.97 Å². The van der Waals surface area contributed by atoms with E-state index in [0.29, 0.717) is 57.0 Å². The number of allylic oxidation sites excluding steroid dienone is 7. The first-order chi connectivity index (χ1) is 37.3. The number of epoxide rings is 1. The largest absolute Gasteiger partial charge is 0.459 e. The summed E-state index contributed by atoms with van der Waals surface area (Å²) in [6.45, 7) is 8.52. The molecule has 11 aliphatic rings. The Bertz CT molecular complexity index is 2810. The minimum absolute atomic E-state index is 0.00177. The zero-order valence-corrected chi connectivity index (χ0v) is 45.9. The lowest BCUT2D eigenvalue weighted by Crippen LogP contribution is -2.56. The van der Waals surface area contributed by atoms with Crippen LogP contribution in [0.1, 0.15) is 131 Å². The molecule has 2 saturated heterocycles. The Morgan fingerprint density at radius 3 is 2.73 bits per heavy atom. The van der Waals surface area contributed by atoms with Crippen LogP contribution in [-0.4, -0.2) is 110 Å². The molecule has 412 valence electrons. The highest BCUT2D eigenvalue weighted by molar-refractivity contribution is 6.33. The molecule has 6 bridgehead atoms. The number of ketones is 2. The Hall–Kier alpha value is -5.58. The number of guanidine groups is 1. The molecule has 15 nitrogen and oxygen atoms in total. The van der Waals surface area contributed by atoms with Crippen molar-refractivity contribution in [1.29, 1.82) is 0 Å². The van der Waals surface area contributed by atoms with E-state index in [1.165, 1.54) is 16.7 Å². The second-order valence-corrected chi connectivity index (χ2v) is 24.1. The summed E-state index contributed by atoms with van der Waals surface area (Å²) < 4.78 is 13.8. The first-order valence-electron chi connectivity index (χ1n) is 29.0. The van der Waals surface area contributed by atoms with Crippen LogP contribution in [-0.2, 0) is 20.7 Å². The molecular formula is C62H83N9O6. The molecule has 15 heteroatoms. The normalized spacial score (nSPS) is 37.8. The summed E-state index contributed by atoms with van der Waals surface area (Å²) in [6.07, 6.45) is 31.4. The van der Waals surface area contributed by atoms with Gasteiger partial charge in [-0.3, -0.25) is 14.6 Å². The predicted molar refractivity (Wildman–Crippen MR) is 300 cm³/mol. The van der Waals surface area contributed by atoms with E-state index < -0.39 is 34.6 Å². The number of likely N-dealkylation sites (N-methyl/N-ethyl adjacent to an activating group) is 1. The fraction of sp³-hybridized carbons (Fsp3) is 0.581. The maximum Gasteiger partial charge on any atom is 0.350 e. The number of rotatable bonds is 13. The van der Waals surface area contributed by atoms with Crippen molar-refractivity contribution in [2.75, 3.05) is 40.3 Å². The fourth-order valence-corrected chi connectivity index (χ4v) is 15.6. The summed E-state index contributed by atoms with van der Waals surface area (Å²) in [5.74, 6) is 0.847. The van der Waals surface area contributed by atoms with Crippen molar-refractivity contribution in [2.45, 2.75) is 152 Å². The predicted octanol–water partition coefficient (Wildman–Crippen LogP) is 6.33. The van der Waals surface area contributed by atoms with Crippen LogP contribution < -0.4 is 43.0 Å². The third-order valence-electron chi connectivity index (χ3n) is 19.2. The van der Waals surface area contributed by atoms with E-state index in [2.05, 4.69) is 106 Å². The van der Waals surface area contributed by atoms with Crippen molar-refractivity contribution in [1.82, 2.24) is 37.2 Å². The molecule has 4 aliphatic carbocycles. The van der Waals surface area contributed by atoms with Crippen LogP contribution in [0.2, 0.25) is 0 Å². The molecule has 10 N–H and O–H groups in total.